The van der Waals surface area contributed by atoms with Crippen molar-refractivity contribution in [1.82, 2.24) is 24.6 Å². The van der Waals surface area contributed by atoms with Gasteiger partial charge >= 0.3 is 0 Å². The quantitative estimate of drug-likeness (QED) is 0.652. The minimum atomic E-state index is 0.454. The van der Waals surface area contributed by atoms with E-state index in [1.165, 1.54) is 0 Å². The summed E-state index contributed by atoms with van der Waals surface area (Å²) in [4.78, 5) is 17.4. The third-order valence-corrected chi connectivity index (χ3v) is 3.01. The van der Waals surface area contributed by atoms with Gasteiger partial charge in [-0.2, -0.15) is 0 Å². The Labute approximate surface area is 103 Å². The predicted molar refractivity (Wildman–Crippen MR) is 66.1 cm³/mol. The van der Waals surface area contributed by atoms with Gasteiger partial charge in [0.15, 0.2) is 11.3 Å². The molecule has 0 saturated heterocycles. The fourth-order valence-corrected chi connectivity index (χ4v) is 2.06. The zero-order valence-electron chi connectivity index (χ0n) is 9.83. The van der Waals surface area contributed by atoms with Gasteiger partial charge in [-0.3, -0.25) is 9.20 Å². The first-order chi connectivity index (χ1) is 8.84. The monoisotopic (exact) mass is 243 g/mol. The highest BCUT2D eigenvalue weighted by Gasteiger charge is 2.07. The summed E-state index contributed by atoms with van der Waals surface area (Å²) in [7, 11) is 0. The van der Waals surface area contributed by atoms with Crippen LogP contribution in [0, 0.1) is 0 Å². The van der Waals surface area contributed by atoms with Crippen LogP contribution in [0.5, 0.6) is 0 Å². The molecule has 6 nitrogen and oxygen atoms in total. The summed E-state index contributed by atoms with van der Waals surface area (Å²) in [6.07, 6.45) is 9.17. The number of nitrogens with one attached hydrogen (secondary N) is 1. The van der Waals surface area contributed by atoms with Gasteiger partial charge in [0, 0.05) is 19.0 Å². The van der Waals surface area contributed by atoms with Crippen molar-refractivity contribution >= 4 is 22.6 Å². The van der Waals surface area contributed by atoms with Crippen molar-refractivity contribution in [3.8, 4) is 0 Å². The van der Waals surface area contributed by atoms with Crippen LogP contribution in [0.1, 0.15) is 25.7 Å². The van der Waals surface area contributed by atoms with E-state index in [0.717, 1.165) is 42.5 Å². The first-order valence-corrected chi connectivity index (χ1v) is 5.98. The van der Waals surface area contributed by atoms with Gasteiger partial charge in [-0.1, -0.05) is 0 Å². The van der Waals surface area contributed by atoms with Crippen molar-refractivity contribution in [3.05, 3.63) is 24.8 Å². The lowest BCUT2D eigenvalue weighted by atomic mass is 10.4. The summed E-state index contributed by atoms with van der Waals surface area (Å²) in [5.41, 5.74) is 2.61. The molecular weight excluding hydrogens is 230 g/mol. The number of Topliss-reactive ketones (excluding diaryl/α,β-unsaturated/α-hetero) is 1. The number of carbonyl (C=O) groups is 1. The second kappa shape index (κ2) is 4.56. The van der Waals surface area contributed by atoms with Gasteiger partial charge < -0.3 is 4.98 Å². The lowest BCUT2D eigenvalue weighted by Crippen LogP contribution is -1.86. The Morgan fingerprint density at radius 2 is 2.11 bits per heavy atom. The molecular formula is C12H13N5O. The Kier molecular flexibility index (Phi) is 2.76. The molecule has 3 heterocycles. The highest BCUT2D eigenvalue weighted by atomic mass is 16.1. The van der Waals surface area contributed by atoms with Crippen molar-refractivity contribution < 1.29 is 4.79 Å². The van der Waals surface area contributed by atoms with Crippen LogP contribution in [0.25, 0.3) is 16.8 Å². The maximum absolute atomic E-state index is 10.2. The molecule has 1 fully saturated rings. The summed E-state index contributed by atoms with van der Waals surface area (Å²) in [6.45, 7) is 0. The smallest absolute Gasteiger partial charge is 0.179 e. The number of hydrogen-bond acceptors (Lipinski definition) is 4. The normalized spacial score (nSPS) is 15.0. The van der Waals surface area contributed by atoms with E-state index in [1.54, 1.807) is 12.5 Å². The zero-order valence-corrected chi connectivity index (χ0v) is 9.83. The highest BCUT2D eigenvalue weighted by molar-refractivity contribution is 5.80. The van der Waals surface area contributed by atoms with Gasteiger partial charge in [-0.25, -0.2) is 4.98 Å². The van der Waals surface area contributed by atoms with Crippen LogP contribution in [-0.4, -0.2) is 30.3 Å². The van der Waals surface area contributed by atoms with Crippen LogP contribution < -0.4 is 0 Å². The number of rotatable bonds is 0. The number of aromatic nitrogens is 5. The summed E-state index contributed by atoms with van der Waals surface area (Å²) in [6, 6.07) is 1.94. The molecule has 92 valence electrons. The molecule has 6 heteroatoms. The van der Waals surface area contributed by atoms with E-state index in [9.17, 15) is 4.79 Å². The maximum atomic E-state index is 10.2. The van der Waals surface area contributed by atoms with Crippen LogP contribution in [0.2, 0.25) is 0 Å². The molecule has 18 heavy (non-hydrogen) atoms. The highest BCUT2D eigenvalue weighted by Crippen LogP contribution is 2.11. The van der Waals surface area contributed by atoms with E-state index in [2.05, 4.69) is 20.2 Å². The molecule has 0 atom stereocenters. The second-order valence-electron chi connectivity index (χ2n) is 4.27. The molecule has 0 bridgehead atoms. The molecule has 1 N–H and O–H groups in total. The minimum Gasteiger partial charge on any atom is -0.345 e. The van der Waals surface area contributed by atoms with Crippen molar-refractivity contribution in [2.24, 2.45) is 0 Å². The van der Waals surface area contributed by atoms with E-state index in [4.69, 9.17) is 0 Å². The minimum absolute atomic E-state index is 0.454. The number of hydrogen-bond donors (Lipinski definition) is 1. The zero-order chi connectivity index (χ0) is 12.4. The van der Waals surface area contributed by atoms with Gasteiger partial charge in [-0.15, -0.1) is 10.2 Å². The van der Waals surface area contributed by atoms with Crippen molar-refractivity contribution in [1.29, 1.82) is 0 Å². The third kappa shape index (κ3) is 1.97. The predicted octanol–water partition coefficient (Wildman–Crippen LogP) is 1.74. The summed E-state index contributed by atoms with van der Waals surface area (Å²) in [5, 5.41) is 7.68. The SMILES string of the molecule is O=C1CCCC1.c1cc2c(ncc3nncn32)[nH]1. The molecule has 0 spiro atoms. The lowest BCUT2D eigenvalue weighted by molar-refractivity contribution is -0.117. The van der Waals surface area contributed by atoms with Crippen molar-refractivity contribution in [2.45, 2.75) is 25.7 Å². The van der Waals surface area contributed by atoms with Gasteiger partial charge in [0.2, 0.25) is 0 Å². The number of aromatic amines is 1. The number of ketones is 1. The molecule has 0 aliphatic heterocycles. The fourth-order valence-electron chi connectivity index (χ4n) is 2.06. The van der Waals surface area contributed by atoms with Crippen LogP contribution in [0.3, 0.4) is 0 Å². The first kappa shape index (κ1) is 10.9. The Hall–Kier alpha value is -2.24. The Morgan fingerprint density at radius 3 is 2.83 bits per heavy atom. The van der Waals surface area contributed by atoms with E-state index >= 15 is 0 Å². The summed E-state index contributed by atoms with van der Waals surface area (Å²) in [5.74, 6) is 0.454. The van der Waals surface area contributed by atoms with Crippen LogP contribution >= 0.6 is 0 Å². The van der Waals surface area contributed by atoms with E-state index in [0.29, 0.717) is 5.78 Å². The van der Waals surface area contributed by atoms with Crippen molar-refractivity contribution in [3.63, 3.8) is 0 Å². The molecule has 3 aromatic rings. The number of carbonyl (C=O) groups excluding carboxylic acids is 1. The topological polar surface area (TPSA) is 75.9 Å². The largest absolute Gasteiger partial charge is 0.345 e. The average molecular weight is 243 g/mol. The number of fused-ring (bicyclic) bond motifs is 3. The lowest BCUT2D eigenvalue weighted by Gasteiger charge is -1.91. The van der Waals surface area contributed by atoms with Gasteiger partial charge in [-0.05, 0) is 18.9 Å². The van der Waals surface area contributed by atoms with Crippen molar-refractivity contribution in [2.75, 3.05) is 0 Å². The fraction of sp³-hybridized carbons (Fsp3) is 0.333. The summed E-state index contributed by atoms with van der Waals surface area (Å²) < 4.78 is 1.89. The molecule has 0 unspecified atom stereocenters. The molecule has 1 aliphatic carbocycles. The third-order valence-electron chi connectivity index (χ3n) is 3.01. The second-order valence-corrected chi connectivity index (χ2v) is 4.27. The molecule has 0 amide bonds. The van der Waals surface area contributed by atoms with Crippen LogP contribution in [0.15, 0.2) is 24.8 Å². The van der Waals surface area contributed by atoms with Gasteiger partial charge in [0.25, 0.3) is 0 Å². The molecule has 3 aromatic heterocycles. The molecule has 1 aliphatic rings. The van der Waals surface area contributed by atoms with E-state index in [1.807, 2.05) is 16.7 Å². The summed E-state index contributed by atoms with van der Waals surface area (Å²) >= 11 is 0. The van der Waals surface area contributed by atoms with E-state index in [-0.39, 0.29) is 0 Å². The Balaban J connectivity index is 0.000000142. The number of H-pyrrole nitrogens is 1. The van der Waals surface area contributed by atoms with Crippen LogP contribution in [0.4, 0.5) is 0 Å². The van der Waals surface area contributed by atoms with Gasteiger partial charge in [0.1, 0.15) is 12.1 Å². The number of nitrogens with zero attached hydrogens (tertiary/aromatic N) is 4. The standard InChI is InChI=1S/C7H5N5.C5H8O/c1-2-8-7-5(1)12-4-10-11-6(12)3-9-7;6-5-3-1-2-4-5/h1-4,8H;1-4H2. The van der Waals surface area contributed by atoms with Gasteiger partial charge in [0.05, 0.1) is 11.7 Å². The maximum Gasteiger partial charge on any atom is 0.179 e. The van der Waals surface area contributed by atoms with Crippen LogP contribution in [-0.2, 0) is 4.79 Å². The first-order valence-electron chi connectivity index (χ1n) is 5.98. The molecule has 1 saturated carbocycles. The average Bonchev–Trinajstić information content (AvgIpc) is 3.09. The molecule has 0 aromatic carbocycles. The molecule has 0 radical (unpaired) electrons. The van der Waals surface area contributed by atoms with E-state index < -0.39 is 0 Å². The molecule has 4 rings (SSSR count). The Bertz CT molecular complexity index is 626. The Morgan fingerprint density at radius 1 is 1.28 bits per heavy atom.